The highest BCUT2D eigenvalue weighted by atomic mass is 32.2. The summed E-state index contributed by atoms with van der Waals surface area (Å²) >= 11 is 0. The van der Waals surface area contributed by atoms with Gasteiger partial charge in [0.1, 0.15) is 0 Å². The lowest BCUT2D eigenvalue weighted by molar-refractivity contribution is 0.0236. The maximum absolute atomic E-state index is 12.2. The number of rotatable bonds is 7. The summed E-state index contributed by atoms with van der Waals surface area (Å²) < 4.78 is 32.3. The van der Waals surface area contributed by atoms with E-state index in [1.165, 1.54) is 6.20 Å². The average molecular weight is 288 g/mol. The molecule has 0 aromatic carbocycles. The molecule has 19 heavy (non-hydrogen) atoms. The Morgan fingerprint density at radius 3 is 2.89 bits per heavy atom. The molecule has 108 valence electrons. The molecule has 0 unspecified atom stereocenters. The van der Waals surface area contributed by atoms with Crippen molar-refractivity contribution >= 4 is 10.0 Å². The second-order valence-corrected chi connectivity index (χ2v) is 6.30. The summed E-state index contributed by atoms with van der Waals surface area (Å²) in [4.78, 5) is 0. The maximum Gasteiger partial charge on any atom is 0.258 e. The standard InChI is InChI=1S/C11H20N4O3S/c1-3-12-6-8-7-13-14-11(8)19(16,17)15-9-4-10(5-9)18-2/h7,9-10,12,15H,3-6H2,1-2H3,(H,13,14). The molecular weight excluding hydrogens is 268 g/mol. The quantitative estimate of drug-likeness (QED) is 0.655. The summed E-state index contributed by atoms with van der Waals surface area (Å²) in [7, 11) is -1.90. The third-order valence-corrected chi connectivity index (χ3v) is 4.80. The summed E-state index contributed by atoms with van der Waals surface area (Å²) in [6.45, 7) is 3.22. The van der Waals surface area contributed by atoms with Gasteiger partial charge in [-0.2, -0.15) is 5.10 Å². The molecule has 1 aromatic heterocycles. The molecule has 0 amide bonds. The first kappa shape index (κ1) is 14.4. The SMILES string of the molecule is CCNCc1cn[nH]c1S(=O)(=O)NC1CC(OC)C1. The molecule has 1 aliphatic rings. The van der Waals surface area contributed by atoms with Gasteiger partial charge in [0.15, 0.2) is 5.03 Å². The number of hydrogen-bond donors (Lipinski definition) is 3. The number of nitrogens with zero attached hydrogens (tertiary/aromatic N) is 1. The van der Waals surface area contributed by atoms with Gasteiger partial charge in [-0.1, -0.05) is 6.92 Å². The van der Waals surface area contributed by atoms with E-state index in [2.05, 4.69) is 20.2 Å². The molecule has 8 heteroatoms. The van der Waals surface area contributed by atoms with Gasteiger partial charge in [-0.25, -0.2) is 13.1 Å². The van der Waals surface area contributed by atoms with Crippen molar-refractivity contribution < 1.29 is 13.2 Å². The molecule has 1 heterocycles. The van der Waals surface area contributed by atoms with E-state index in [4.69, 9.17) is 4.74 Å². The Labute approximate surface area is 113 Å². The van der Waals surface area contributed by atoms with Gasteiger partial charge in [0.2, 0.25) is 0 Å². The molecule has 0 aliphatic heterocycles. The Bertz CT molecular complexity index is 508. The molecule has 0 atom stereocenters. The van der Waals surface area contributed by atoms with Crippen LogP contribution < -0.4 is 10.0 Å². The molecule has 0 bridgehead atoms. The van der Waals surface area contributed by atoms with Crippen LogP contribution in [0.3, 0.4) is 0 Å². The van der Waals surface area contributed by atoms with Crippen LogP contribution in [0.2, 0.25) is 0 Å². The van der Waals surface area contributed by atoms with Gasteiger partial charge in [0.05, 0.1) is 12.3 Å². The Morgan fingerprint density at radius 2 is 2.26 bits per heavy atom. The van der Waals surface area contributed by atoms with E-state index >= 15 is 0 Å². The second kappa shape index (κ2) is 6.00. The number of aromatic amines is 1. The summed E-state index contributed by atoms with van der Waals surface area (Å²) in [5.41, 5.74) is 0.650. The van der Waals surface area contributed by atoms with Crippen molar-refractivity contribution in [3.8, 4) is 0 Å². The fourth-order valence-corrected chi connectivity index (χ4v) is 3.44. The normalized spacial score (nSPS) is 23.3. The molecule has 1 saturated carbocycles. The fourth-order valence-electron chi connectivity index (χ4n) is 2.05. The van der Waals surface area contributed by atoms with Crippen molar-refractivity contribution in [3.63, 3.8) is 0 Å². The Balaban J connectivity index is 2.01. The van der Waals surface area contributed by atoms with E-state index < -0.39 is 10.0 Å². The van der Waals surface area contributed by atoms with Gasteiger partial charge in [-0.05, 0) is 19.4 Å². The number of ether oxygens (including phenoxy) is 1. The van der Waals surface area contributed by atoms with Crippen molar-refractivity contribution in [2.24, 2.45) is 0 Å². The zero-order valence-electron chi connectivity index (χ0n) is 11.1. The van der Waals surface area contributed by atoms with Crippen LogP contribution in [0.25, 0.3) is 0 Å². The zero-order valence-corrected chi connectivity index (χ0v) is 12.0. The van der Waals surface area contributed by atoms with E-state index in [1.54, 1.807) is 7.11 Å². The summed E-state index contributed by atoms with van der Waals surface area (Å²) in [6, 6.07) is -0.0507. The number of aromatic nitrogens is 2. The van der Waals surface area contributed by atoms with Crippen molar-refractivity contribution in [2.45, 2.75) is 43.5 Å². The van der Waals surface area contributed by atoms with Gasteiger partial charge in [0, 0.05) is 25.3 Å². The highest BCUT2D eigenvalue weighted by molar-refractivity contribution is 7.89. The highest BCUT2D eigenvalue weighted by Gasteiger charge is 2.33. The van der Waals surface area contributed by atoms with E-state index in [9.17, 15) is 8.42 Å². The molecule has 1 aliphatic carbocycles. The number of sulfonamides is 1. The zero-order chi connectivity index (χ0) is 13.9. The van der Waals surface area contributed by atoms with Crippen molar-refractivity contribution in [3.05, 3.63) is 11.8 Å². The molecule has 3 N–H and O–H groups in total. The predicted octanol–water partition coefficient (Wildman–Crippen LogP) is -0.0251. The largest absolute Gasteiger partial charge is 0.381 e. The first-order valence-corrected chi connectivity index (χ1v) is 7.83. The average Bonchev–Trinajstić information content (AvgIpc) is 2.79. The molecule has 1 aromatic rings. The Kier molecular flexibility index (Phi) is 4.56. The third kappa shape index (κ3) is 3.33. The van der Waals surface area contributed by atoms with Gasteiger partial charge in [0.25, 0.3) is 10.0 Å². The van der Waals surface area contributed by atoms with Crippen LogP contribution in [0.5, 0.6) is 0 Å². The smallest absolute Gasteiger partial charge is 0.258 e. The minimum absolute atomic E-state index is 0.0507. The van der Waals surface area contributed by atoms with Crippen molar-refractivity contribution in [1.82, 2.24) is 20.2 Å². The second-order valence-electron chi connectivity index (χ2n) is 4.65. The Morgan fingerprint density at radius 1 is 1.53 bits per heavy atom. The van der Waals surface area contributed by atoms with Crippen LogP contribution in [0.1, 0.15) is 25.3 Å². The predicted molar refractivity (Wildman–Crippen MR) is 70.1 cm³/mol. The lowest BCUT2D eigenvalue weighted by atomic mass is 9.90. The minimum atomic E-state index is -3.53. The van der Waals surface area contributed by atoms with Crippen LogP contribution in [-0.4, -0.2) is 44.4 Å². The molecule has 0 spiro atoms. The number of hydrogen-bond acceptors (Lipinski definition) is 5. The highest BCUT2D eigenvalue weighted by Crippen LogP contribution is 2.24. The van der Waals surface area contributed by atoms with Crippen LogP contribution in [0, 0.1) is 0 Å². The van der Waals surface area contributed by atoms with Crippen LogP contribution in [0.15, 0.2) is 11.2 Å². The molecule has 7 nitrogen and oxygen atoms in total. The van der Waals surface area contributed by atoms with E-state index in [-0.39, 0.29) is 17.2 Å². The van der Waals surface area contributed by atoms with Gasteiger partial charge in [-0.15, -0.1) is 0 Å². The van der Waals surface area contributed by atoms with Gasteiger partial charge < -0.3 is 10.1 Å². The molecule has 0 saturated heterocycles. The van der Waals surface area contributed by atoms with Crippen LogP contribution in [0.4, 0.5) is 0 Å². The van der Waals surface area contributed by atoms with E-state index in [0.29, 0.717) is 24.9 Å². The topological polar surface area (TPSA) is 96.1 Å². The molecular formula is C11H20N4O3S. The number of nitrogens with one attached hydrogen (secondary N) is 3. The Hall–Kier alpha value is -0.960. The van der Waals surface area contributed by atoms with Gasteiger partial charge in [-0.3, -0.25) is 5.10 Å². The monoisotopic (exact) mass is 288 g/mol. The van der Waals surface area contributed by atoms with Gasteiger partial charge >= 0.3 is 0 Å². The van der Waals surface area contributed by atoms with E-state index in [0.717, 1.165) is 6.54 Å². The maximum atomic E-state index is 12.2. The number of methoxy groups -OCH3 is 1. The van der Waals surface area contributed by atoms with Crippen molar-refractivity contribution in [1.29, 1.82) is 0 Å². The summed E-state index contributed by atoms with van der Waals surface area (Å²) in [5.74, 6) is 0. The summed E-state index contributed by atoms with van der Waals surface area (Å²) in [6.07, 6.45) is 3.13. The first-order valence-electron chi connectivity index (χ1n) is 6.35. The lowest BCUT2D eigenvalue weighted by Crippen LogP contribution is -2.47. The molecule has 2 rings (SSSR count). The van der Waals surface area contributed by atoms with E-state index in [1.807, 2.05) is 6.92 Å². The van der Waals surface area contributed by atoms with Crippen molar-refractivity contribution in [2.75, 3.05) is 13.7 Å². The first-order chi connectivity index (χ1) is 9.06. The molecule has 1 fully saturated rings. The third-order valence-electron chi connectivity index (χ3n) is 3.26. The lowest BCUT2D eigenvalue weighted by Gasteiger charge is -2.34. The summed E-state index contributed by atoms with van der Waals surface area (Å²) in [5, 5.41) is 9.61. The van der Waals surface area contributed by atoms with Crippen LogP contribution >= 0.6 is 0 Å². The fraction of sp³-hybridized carbons (Fsp3) is 0.727. The van der Waals surface area contributed by atoms with Crippen LogP contribution in [-0.2, 0) is 21.3 Å². The molecule has 0 radical (unpaired) electrons. The minimum Gasteiger partial charge on any atom is -0.381 e. The number of H-pyrrole nitrogens is 1.